The lowest BCUT2D eigenvalue weighted by Crippen LogP contribution is -2.41. The molecule has 1 atom stereocenters. The van der Waals surface area contributed by atoms with E-state index in [2.05, 4.69) is 51.3 Å². The number of nitrogens with one attached hydrogen (secondary N) is 1. The first-order valence-corrected chi connectivity index (χ1v) is 11.0. The number of rotatable bonds is 8. The van der Waals surface area contributed by atoms with Crippen molar-refractivity contribution in [2.45, 2.75) is 19.0 Å². The minimum absolute atomic E-state index is 0.0421. The van der Waals surface area contributed by atoms with Crippen molar-refractivity contribution < 1.29 is 14.3 Å². The summed E-state index contributed by atoms with van der Waals surface area (Å²) >= 11 is 1.69. The lowest BCUT2D eigenvalue weighted by molar-refractivity contribution is -0.123. The topological polar surface area (TPSA) is 50.8 Å². The summed E-state index contributed by atoms with van der Waals surface area (Å²) in [4.78, 5) is 14.9. The molecule has 3 aromatic rings. The van der Waals surface area contributed by atoms with Crippen molar-refractivity contribution in [3.8, 4) is 11.5 Å². The van der Waals surface area contributed by atoms with E-state index in [1.54, 1.807) is 24.5 Å². The van der Waals surface area contributed by atoms with Crippen LogP contribution in [0.5, 0.6) is 11.5 Å². The standard InChI is InChI=1S/C24H26N2O3S/c1-28-22-8-4-5-9-23(22)29-16-24(27)25-14-21(20-11-13-30-17-20)26-12-10-18-6-2-3-7-19(18)15-26/h2-9,11,13,17,21H,10,12,14-16H2,1H3,(H,25,27). The van der Waals surface area contributed by atoms with Gasteiger partial charge >= 0.3 is 0 Å². The van der Waals surface area contributed by atoms with Crippen molar-refractivity contribution >= 4 is 17.2 Å². The van der Waals surface area contributed by atoms with E-state index in [0.29, 0.717) is 18.0 Å². The first kappa shape index (κ1) is 20.4. The van der Waals surface area contributed by atoms with Gasteiger partial charge in [0.1, 0.15) is 0 Å². The molecular formula is C24H26N2O3S. The zero-order valence-electron chi connectivity index (χ0n) is 17.0. The lowest BCUT2D eigenvalue weighted by Gasteiger charge is -2.35. The number of benzene rings is 2. The number of nitrogens with zero attached hydrogens (tertiary/aromatic N) is 1. The molecule has 0 saturated heterocycles. The van der Waals surface area contributed by atoms with Crippen molar-refractivity contribution in [3.05, 3.63) is 82.0 Å². The number of carbonyl (C=O) groups is 1. The van der Waals surface area contributed by atoms with Crippen LogP contribution in [-0.4, -0.2) is 37.6 Å². The Morgan fingerprint density at radius 2 is 1.87 bits per heavy atom. The predicted octanol–water partition coefficient (Wildman–Crippen LogP) is 4.05. The molecule has 0 aliphatic carbocycles. The molecule has 1 aliphatic heterocycles. The maximum Gasteiger partial charge on any atom is 0.258 e. The Bertz CT molecular complexity index is 974. The van der Waals surface area contributed by atoms with Gasteiger partial charge in [-0.1, -0.05) is 36.4 Å². The summed E-state index contributed by atoms with van der Waals surface area (Å²) in [5.41, 5.74) is 4.03. The molecule has 2 aromatic carbocycles. The number of fused-ring (bicyclic) bond motifs is 1. The van der Waals surface area contributed by atoms with Crippen LogP contribution in [0.15, 0.2) is 65.4 Å². The van der Waals surface area contributed by atoms with Crippen molar-refractivity contribution in [2.24, 2.45) is 0 Å². The highest BCUT2D eigenvalue weighted by atomic mass is 32.1. The van der Waals surface area contributed by atoms with Crippen molar-refractivity contribution in [2.75, 3.05) is 26.8 Å². The maximum absolute atomic E-state index is 12.5. The van der Waals surface area contributed by atoms with Crippen LogP contribution in [0.3, 0.4) is 0 Å². The van der Waals surface area contributed by atoms with Gasteiger partial charge in [0.2, 0.25) is 0 Å². The molecule has 1 N–H and O–H groups in total. The molecule has 0 radical (unpaired) electrons. The van der Waals surface area contributed by atoms with Crippen LogP contribution in [0.4, 0.5) is 0 Å². The van der Waals surface area contributed by atoms with E-state index in [1.807, 2.05) is 18.2 Å². The molecule has 2 heterocycles. The van der Waals surface area contributed by atoms with Crippen LogP contribution in [-0.2, 0) is 17.8 Å². The van der Waals surface area contributed by atoms with Crippen LogP contribution in [0, 0.1) is 0 Å². The molecule has 1 aromatic heterocycles. The molecule has 1 aliphatic rings. The van der Waals surface area contributed by atoms with Crippen LogP contribution < -0.4 is 14.8 Å². The number of hydrogen-bond donors (Lipinski definition) is 1. The molecular weight excluding hydrogens is 396 g/mol. The fourth-order valence-electron chi connectivity index (χ4n) is 3.85. The number of ether oxygens (including phenoxy) is 2. The van der Waals surface area contributed by atoms with Crippen molar-refractivity contribution in [1.82, 2.24) is 10.2 Å². The molecule has 4 rings (SSSR count). The van der Waals surface area contributed by atoms with Gasteiger partial charge in [0.25, 0.3) is 5.91 Å². The summed E-state index contributed by atoms with van der Waals surface area (Å²) in [6.45, 7) is 2.38. The number of amides is 1. The van der Waals surface area contributed by atoms with Gasteiger partial charge in [-0.05, 0) is 52.1 Å². The average Bonchev–Trinajstić information content (AvgIpc) is 3.32. The van der Waals surface area contributed by atoms with Crippen LogP contribution in [0.1, 0.15) is 22.7 Å². The van der Waals surface area contributed by atoms with Crippen LogP contribution >= 0.6 is 11.3 Å². The van der Waals surface area contributed by atoms with Gasteiger partial charge < -0.3 is 14.8 Å². The quantitative estimate of drug-likeness (QED) is 0.595. The first-order chi connectivity index (χ1) is 14.7. The minimum Gasteiger partial charge on any atom is -0.493 e. The Balaban J connectivity index is 1.38. The molecule has 1 amide bonds. The predicted molar refractivity (Wildman–Crippen MR) is 119 cm³/mol. The third kappa shape index (κ3) is 4.83. The van der Waals surface area contributed by atoms with E-state index >= 15 is 0 Å². The Kier molecular flexibility index (Phi) is 6.67. The largest absolute Gasteiger partial charge is 0.493 e. The average molecular weight is 423 g/mol. The number of thiophene rings is 1. The number of carbonyl (C=O) groups excluding carboxylic acids is 1. The van der Waals surface area contributed by atoms with Gasteiger partial charge in [-0.3, -0.25) is 9.69 Å². The van der Waals surface area contributed by atoms with E-state index in [0.717, 1.165) is 19.5 Å². The summed E-state index contributed by atoms with van der Waals surface area (Å²) in [5, 5.41) is 7.32. The highest BCUT2D eigenvalue weighted by Crippen LogP contribution is 2.29. The summed E-state index contributed by atoms with van der Waals surface area (Å²) in [6.07, 6.45) is 1.03. The lowest BCUT2D eigenvalue weighted by atomic mass is 9.97. The molecule has 0 saturated carbocycles. The minimum atomic E-state index is -0.140. The van der Waals surface area contributed by atoms with Gasteiger partial charge in [-0.15, -0.1) is 0 Å². The Morgan fingerprint density at radius 1 is 1.10 bits per heavy atom. The van der Waals surface area contributed by atoms with Gasteiger partial charge in [0, 0.05) is 19.6 Å². The second kappa shape index (κ2) is 9.78. The van der Waals surface area contributed by atoms with E-state index in [4.69, 9.17) is 9.47 Å². The Morgan fingerprint density at radius 3 is 2.63 bits per heavy atom. The molecule has 0 spiro atoms. The van der Waals surface area contributed by atoms with Crippen molar-refractivity contribution in [3.63, 3.8) is 0 Å². The zero-order valence-corrected chi connectivity index (χ0v) is 17.9. The molecule has 6 heteroatoms. The molecule has 156 valence electrons. The van der Waals surface area contributed by atoms with Gasteiger partial charge in [-0.25, -0.2) is 0 Å². The van der Waals surface area contributed by atoms with Crippen LogP contribution in [0.2, 0.25) is 0 Å². The number of para-hydroxylation sites is 2. The van der Waals surface area contributed by atoms with E-state index in [9.17, 15) is 4.79 Å². The summed E-state index contributed by atoms with van der Waals surface area (Å²) in [5.74, 6) is 1.05. The highest BCUT2D eigenvalue weighted by Gasteiger charge is 2.25. The third-order valence-electron chi connectivity index (χ3n) is 5.45. The van der Waals surface area contributed by atoms with E-state index < -0.39 is 0 Å². The number of methoxy groups -OCH3 is 1. The second-order valence-electron chi connectivity index (χ2n) is 7.31. The highest BCUT2D eigenvalue weighted by molar-refractivity contribution is 7.07. The monoisotopic (exact) mass is 422 g/mol. The van der Waals surface area contributed by atoms with Crippen molar-refractivity contribution in [1.29, 1.82) is 0 Å². The Labute approximate surface area is 181 Å². The fraction of sp³-hybridized carbons (Fsp3) is 0.292. The smallest absolute Gasteiger partial charge is 0.258 e. The van der Waals surface area contributed by atoms with Gasteiger partial charge in [0.05, 0.1) is 13.2 Å². The third-order valence-corrected chi connectivity index (χ3v) is 6.15. The fourth-order valence-corrected chi connectivity index (χ4v) is 4.56. The maximum atomic E-state index is 12.5. The Hall–Kier alpha value is -2.83. The second-order valence-corrected chi connectivity index (χ2v) is 8.09. The molecule has 0 bridgehead atoms. The first-order valence-electron chi connectivity index (χ1n) is 10.1. The number of hydrogen-bond acceptors (Lipinski definition) is 5. The summed E-state index contributed by atoms with van der Waals surface area (Å²) in [7, 11) is 1.59. The van der Waals surface area contributed by atoms with Gasteiger partial charge in [0.15, 0.2) is 18.1 Å². The summed E-state index contributed by atoms with van der Waals surface area (Å²) in [6, 6.07) is 18.2. The van der Waals surface area contributed by atoms with E-state index in [-0.39, 0.29) is 18.6 Å². The SMILES string of the molecule is COc1ccccc1OCC(=O)NCC(c1ccsc1)N1CCc2ccccc2C1. The molecule has 30 heavy (non-hydrogen) atoms. The molecule has 0 fully saturated rings. The van der Waals surface area contributed by atoms with E-state index in [1.165, 1.54) is 16.7 Å². The normalized spacial score (nSPS) is 14.6. The molecule has 1 unspecified atom stereocenters. The molecule has 5 nitrogen and oxygen atoms in total. The summed E-state index contributed by atoms with van der Waals surface area (Å²) < 4.78 is 10.9. The van der Waals surface area contributed by atoms with Crippen LogP contribution in [0.25, 0.3) is 0 Å². The zero-order chi connectivity index (χ0) is 20.8. The van der Waals surface area contributed by atoms with Gasteiger partial charge in [-0.2, -0.15) is 11.3 Å².